The zero-order chi connectivity index (χ0) is 13.2. The molecule has 0 aromatic heterocycles. The summed E-state index contributed by atoms with van der Waals surface area (Å²) in [5.41, 5.74) is 2.23. The van der Waals surface area contributed by atoms with Crippen molar-refractivity contribution < 1.29 is 4.74 Å². The number of nitrogens with one attached hydrogen (secondary N) is 1. The Labute approximate surface area is 110 Å². The Kier molecular flexibility index (Phi) is 6.66. The van der Waals surface area contributed by atoms with Gasteiger partial charge in [-0.15, -0.1) is 0 Å². The minimum absolute atomic E-state index is 0.359. The summed E-state index contributed by atoms with van der Waals surface area (Å²) in [6.45, 7) is 5.21. The third-order valence-corrected chi connectivity index (χ3v) is 2.58. The summed E-state index contributed by atoms with van der Waals surface area (Å²) >= 11 is 0. The molecule has 0 radical (unpaired) electrons. The van der Waals surface area contributed by atoms with Crippen LogP contribution in [-0.4, -0.2) is 20.3 Å². The Morgan fingerprint density at radius 2 is 1.94 bits per heavy atom. The van der Waals surface area contributed by atoms with Gasteiger partial charge in [-0.3, -0.25) is 0 Å². The largest absolute Gasteiger partial charge is 0.369 e. The fourth-order valence-corrected chi connectivity index (χ4v) is 1.36. The van der Waals surface area contributed by atoms with E-state index < -0.39 is 0 Å². The molecule has 0 amide bonds. The molecule has 0 aliphatic heterocycles. The summed E-state index contributed by atoms with van der Waals surface area (Å²) in [5, 5.41) is 3.20. The lowest BCUT2D eigenvalue weighted by molar-refractivity contribution is 0.182. The first-order chi connectivity index (χ1) is 8.77. The van der Waals surface area contributed by atoms with Crippen LogP contribution in [0.4, 0.5) is 0 Å². The predicted molar refractivity (Wildman–Crippen MR) is 75.1 cm³/mol. The maximum absolute atomic E-state index is 5.09. The normalized spacial score (nSPS) is 10.8. The van der Waals surface area contributed by atoms with E-state index in [2.05, 4.69) is 48.1 Å². The van der Waals surface area contributed by atoms with E-state index in [1.165, 1.54) is 5.56 Å². The molecular formula is C16H19NO. The zero-order valence-electron chi connectivity index (χ0n) is 11.2. The van der Waals surface area contributed by atoms with Gasteiger partial charge in [-0.25, -0.2) is 0 Å². The standard InChI is InChI=1S/C16H19NO/c1-4-18-13-7-5-6-8-15-9-11-16(12-10-15)14(2)17-3/h9-12,14,17H,4,13H2,1-3H3. The molecule has 0 aliphatic rings. The average Bonchev–Trinajstić information content (AvgIpc) is 2.42. The molecule has 2 nitrogen and oxygen atoms in total. The van der Waals surface area contributed by atoms with Crippen molar-refractivity contribution in [3.8, 4) is 23.7 Å². The lowest BCUT2D eigenvalue weighted by atomic mass is 10.1. The minimum Gasteiger partial charge on any atom is -0.369 e. The van der Waals surface area contributed by atoms with Crippen LogP contribution >= 0.6 is 0 Å². The first-order valence-corrected chi connectivity index (χ1v) is 6.11. The smallest absolute Gasteiger partial charge is 0.108 e. The van der Waals surface area contributed by atoms with Gasteiger partial charge < -0.3 is 10.1 Å². The lowest BCUT2D eigenvalue weighted by Gasteiger charge is -2.09. The van der Waals surface area contributed by atoms with Gasteiger partial charge in [-0.05, 0) is 50.4 Å². The Morgan fingerprint density at radius 3 is 2.56 bits per heavy atom. The van der Waals surface area contributed by atoms with Crippen molar-refractivity contribution in [3.05, 3.63) is 35.4 Å². The molecular weight excluding hydrogens is 222 g/mol. The lowest BCUT2D eigenvalue weighted by Crippen LogP contribution is -2.11. The highest BCUT2D eigenvalue weighted by atomic mass is 16.5. The van der Waals surface area contributed by atoms with Crippen molar-refractivity contribution >= 4 is 0 Å². The number of hydrogen-bond acceptors (Lipinski definition) is 2. The van der Waals surface area contributed by atoms with Crippen molar-refractivity contribution in [3.63, 3.8) is 0 Å². The van der Waals surface area contributed by atoms with Crippen molar-refractivity contribution in [2.75, 3.05) is 20.3 Å². The van der Waals surface area contributed by atoms with E-state index in [-0.39, 0.29) is 0 Å². The molecule has 1 atom stereocenters. The van der Waals surface area contributed by atoms with E-state index in [4.69, 9.17) is 4.74 Å². The minimum atomic E-state index is 0.359. The van der Waals surface area contributed by atoms with Gasteiger partial charge in [0, 0.05) is 18.2 Å². The van der Waals surface area contributed by atoms with Gasteiger partial charge in [0.1, 0.15) is 6.61 Å². The quantitative estimate of drug-likeness (QED) is 0.645. The van der Waals surface area contributed by atoms with E-state index in [9.17, 15) is 0 Å². The Hall–Kier alpha value is -1.74. The van der Waals surface area contributed by atoms with Gasteiger partial charge in [0.25, 0.3) is 0 Å². The molecule has 0 aliphatic carbocycles. The Morgan fingerprint density at radius 1 is 1.22 bits per heavy atom. The summed E-state index contributed by atoms with van der Waals surface area (Å²) in [4.78, 5) is 0. The number of benzene rings is 1. The van der Waals surface area contributed by atoms with Crippen molar-refractivity contribution in [1.29, 1.82) is 0 Å². The summed E-state index contributed by atoms with van der Waals surface area (Å²) in [5.74, 6) is 11.4. The highest BCUT2D eigenvalue weighted by molar-refractivity contribution is 5.41. The van der Waals surface area contributed by atoms with Crippen molar-refractivity contribution in [1.82, 2.24) is 5.32 Å². The highest BCUT2D eigenvalue weighted by Crippen LogP contribution is 2.11. The van der Waals surface area contributed by atoms with Crippen LogP contribution in [0.25, 0.3) is 0 Å². The summed E-state index contributed by atoms with van der Waals surface area (Å²) in [6.07, 6.45) is 0. The van der Waals surface area contributed by atoms with E-state index in [0.717, 1.165) is 5.56 Å². The van der Waals surface area contributed by atoms with Crippen LogP contribution in [0.15, 0.2) is 24.3 Å². The van der Waals surface area contributed by atoms with E-state index in [1.807, 2.05) is 26.1 Å². The van der Waals surface area contributed by atoms with E-state index >= 15 is 0 Å². The van der Waals surface area contributed by atoms with Crippen molar-refractivity contribution in [2.24, 2.45) is 0 Å². The maximum Gasteiger partial charge on any atom is 0.108 e. The van der Waals surface area contributed by atoms with Crippen LogP contribution in [0, 0.1) is 23.7 Å². The van der Waals surface area contributed by atoms with Crippen LogP contribution in [0.3, 0.4) is 0 Å². The molecule has 94 valence electrons. The van der Waals surface area contributed by atoms with E-state index in [1.54, 1.807) is 0 Å². The molecule has 0 spiro atoms. The molecule has 1 aromatic rings. The Bertz CT molecular complexity index is 468. The van der Waals surface area contributed by atoms with Gasteiger partial charge >= 0.3 is 0 Å². The summed E-state index contributed by atoms with van der Waals surface area (Å²) in [7, 11) is 1.95. The van der Waals surface area contributed by atoms with Crippen LogP contribution in [0.5, 0.6) is 0 Å². The Balaban J connectivity index is 2.58. The molecule has 0 heterocycles. The van der Waals surface area contributed by atoms with Gasteiger partial charge in [-0.1, -0.05) is 24.0 Å². The monoisotopic (exact) mass is 241 g/mol. The second-order valence-electron chi connectivity index (χ2n) is 3.82. The number of ether oxygens (including phenoxy) is 1. The van der Waals surface area contributed by atoms with Crippen molar-refractivity contribution in [2.45, 2.75) is 19.9 Å². The topological polar surface area (TPSA) is 21.3 Å². The molecule has 0 saturated heterocycles. The molecule has 0 fully saturated rings. The molecule has 0 saturated carbocycles. The first kappa shape index (κ1) is 14.3. The number of rotatable bonds is 4. The SMILES string of the molecule is CCOCC#CC#Cc1ccc(C(C)NC)cc1. The summed E-state index contributed by atoms with van der Waals surface area (Å²) in [6, 6.07) is 8.55. The van der Waals surface area contributed by atoms with Gasteiger partial charge in [0.05, 0.1) is 0 Å². The second kappa shape index (κ2) is 8.37. The molecule has 18 heavy (non-hydrogen) atoms. The van der Waals surface area contributed by atoms with Gasteiger partial charge in [-0.2, -0.15) is 0 Å². The molecule has 0 bridgehead atoms. The fraction of sp³-hybridized carbons (Fsp3) is 0.375. The van der Waals surface area contributed by atoms with Crippen LogP contribution in [0.1, 0.15) is 31.0 Å². The second-order valence-corrected chi connectivity index (χ2v) is 3.82. The highest BCUT2D eigenvalue weighted by Gasteiger charge is 2.00. The van der Waals surface area contributed by atoms with Crippen LogP contribution in [-0.2, 0) is 4.74 Å². The van der Waals surface area contributed by atoms with Gasteiger partial charge in [0.2, 0.25) is 0 Å². The first-order valence-electron chi connectivity index (χ1n) is 6.11. The van der Waals surface area contributed by atoms with Crippen LogP contribution in [0.2, 0.25) is 0 Å². The zero-order valence-corrected chi connectivity index (χ0v) is 11.2. The fourth-order valence-electron chi connectivity index (χ4n) is 1.36. The third kappa shape index (κ3) is 5.06. The molecule has 1 N–H and O–H groups in total. The van der Waals surface area contributed by atoms with Gasteiger partial charge in [0.15, 0.2) is 0 Å². The molecule has 1 rings (SSSR count). The summed E-state index contributed by atoms with van der Waals surface area (Å²) < 4.78 is 5.09. The average molecular weight is 241 g/mol. The number of hydrogen-bond donors (Lipinski definition) is 1. The molecule has 2 heteroatoms. The maximum atomic E-state index is 5.09. The third-order valence-electron chi connectivity index (χ3n) is 2.58. The van der Waals surface area contributed by atoms with E-state index in [0.29, 0.717) is 19.3 Å². The molecule has 1 unspecified atom stereocenters. The van der Waals surface area contributed by atoms with Crippen LogP contribution < -0.4 is 5.32 Å². The predicted octanol–water partition coefficient (Wildman–Crippen LogP) is 2.36. The molecule has 1 aromatic carbocycles.